The zero-order valence-electron chi connectivity index (χ0n) is 9.53. The molecule has 0 atom stereocenters. The van der Waals surface area contributed by atoms with Crippen LogP contribution in [0.15, 0.2) is 22.2 Å². The Balaban J connectivity index is 2.73. The lowest BCUT2D eigenvalue weighted by Gasteiger charge is -2.11. The van der Waals surface area contributed by atoms with E-state index in [9.17, 15) is 8.42 Å². The van der Waals surface area contributed by atoms with Gasteiger partial charge in [0.25, 0.3) is 0 Å². The molecule has 2 rings (SSSR count). The van der Waals surface area contributed by atoms with Crippen molar-refractivity contribution < 1.29 is 13.3 Å². The van der Waals surface area contributed by atoms with Gasteiger partial charge in [-0.3, -0.25) is 0 Å². The quantitative estimate of drug-likeness (QED) is 0.830. The van der Waals surface area contributed by atoms with Crippen molar-refractivity contribution in [2.75, 3.05) is 12.9 Å². The minimum Gasteiger partial charge on any atom is -0.395 e. The minimum absolute atomic E-state index is 0.253. The maximum absolute atomic E-state index is 11.7. The molecule has 0 bridgehead atoms. The number of oxime groups is 1. The molecule has 0 fully saturated rings. The molecule has 17 heavy (non-hydrogen) atoms. The first-order valence-corrected chi connectivity index (χ1v) is 7.36. The van der Waals surface area contributed by atoms with E-state index in [1.807, 2.05) is 0 Å². The fourth-order valence-electron chi connectivity index (χ4n) is 1.81. The van der Waals surface area contributed by atoms with Gasteiger partial charge < -0.3 is 4.84 Å². The Labute approximate surface area is 105 Å². The molecule has 1 aromatic rings. The highest BCUT2D eigenvalue weighted by atomic mass is 35.5. The lowest BCUT2D eigenvalue weighted by molar-refractivity contribution is 0.174. The SMILES string of the molecule is Cc1c(Cl)ccc(S(C)(=O)=O)c1C1=NOCC1. The van der Waals surface area contributed by atoms with Crippen LogP contribution >= 0.6 is 11.6 Å². The Morgan fingerprint density at radius 2 is 2.12 bits per heavy atom. The summed E-state index contributed by atoms with van der Waals surface area (Å²) >= 11 is 6.02. The molecule has 92 valence electrons. The fourth-order valence-corrected chi connectivity index (χ4v) is 2.93. The lowest BCUT2D eigenvalue weighted by atomic mass is 10.0. The molecule has 4 nitrogen and oxygen atoms in total. The standard InChI is InChI=1S/C11H12ClNO3S/c1-7-8(12)3-4-10(17(2,14)15)11(7)9-5-6-16-13-9/h3-4H,5-6H2,1-2H3. The Bertz CT molecular complexity index is 593. The van der Waals surface area contributed by atoms with Crippen LogP contribution in [0.4, 0.5) is 0 Å². The van der Waals surface area contributed by atoms with Crippen molar-refractivity contribution in [1.29, 1.82) is 0 Å². The van der Waals surface area contributed by atoms with Crippen LogP contribution in [-0.4, -0.2) is 27.0 Å². The first kappa shape index (κ1) is 12.4. The van der Waals surface area contributed by atoms with Crippen molar-refractivity contribution in [1.82, 2.24) is 0 Å². The predicted octanol–water partition coefficient (Wildman–Crippen LogP) is 2.18. The average molecular weight is 274 g/mol. The van der Waals surface area contributed by atoms with E-state index >= 15 is 0 Å². The molecule has 0 aliphatic carbocycles. The normalized spacial score (nSPS) is 15.6. The molecular formula is C11H12ClNO3S. The van der Waals surface area contributed by atoms with Crippen LogP contribution in [-0.2, 0) is 14.7 Å². The first-order chi connectivity index (χ1) is 7.91. The van der Waals surface area contributed by atoms with Crippen LogP contribution in [0, 0.1) is 6.92 Å². The highest BCUT2D eigenvalue weighted by Gasteiger charge is 2.23. The van der Waals surface area contributed by atoms with Gasteiger partial charge in [-0.1, -0.05) is 16.8 Å². The summed E-state index contributed by atoms with van der Waals surface area (Å²) < 4.78 is 23.5. The second-order valence-corrected chi connectivity index (χ2v) is 6.33. The zero-order chi connectivity index (χ0) is 12.6. The molecule has 1 heterocycles. The van der Waals surface area contributed by atoms with Gasteiger partial charge in [-0.15, -0.1) is 0 Å². The number of rotatable bonds is 2. The van der Waals surface area contributed by atoms with Gasteiger partial charge in [-0.05, 0) is 24.6 Å². The number of benzene rings is 1. The van der Waals surface area contributed by atoms with Crippen LogP contribution in [0.2, 0.25) is 5.02 Å². The third-order valence-corrected chi connectivity index (χ3v) is 4.20. The van der Waals surface area contributed by atoms with Gasteiger partial charge >= 0.3 is 0 Å². The van der Waals surface area contributed by atoms with E-state index in [1.54, 1.807) is 13.0 Å². The van der Waals surface area contributed by atoms with Crippen LogP contribution in [0.25, 0.3) is 0 Å². The third kappa shape index (κ3) is 2.30. The number of nitrogens with zero attached hydrogens (tertiary/aromatic N) is 1. The van der Waals surface area contributed by atoms with Crippen LogP contribution in [0.1, 0.15) is 17.5 Å². The molecule has 6 heteroatoms. The Kier molecular flexibility index (Phi) is 3.14. The average Bonchev–Trinajstić information content (AvgIpc) is 2.73. The summed E-state index contributed by atoms with van der Waals surface area (Å²) in [5, 5.41) is 4.41. The van der Waals surface area contributed by atoms with Gasteiger partial charge in [0.1, 0.15) is 6.61 Å². The summed E-state index contributed by atoms with van der Waals surface area (Å²) in [4.78, 5) is 5.18. The summed E-state index contributed by atoms with van der Waals surface area (Å²) in [5.41, 5.74) is 1.95. The summed E-state index contributed by atoms with van der Waals surface area (Å²) in [7, 11) is -3.31. The first-order valence-electron chi connectivity index (χ1n) is 5.09. The number of halogens is 1. The maximum atomic E-state index is 11.7. The molecule has 1 aliphatic rings. The van der Waals surface area contributed by atoms with E-state index in [4.69, 9.17) is 16.4 Å². The van der Waals surface area contributed by atoms with Crippen molar-refractivity contribution in [3.05, 3.63) is 28.3 Å². The van der Waals surface area contributed by atoms with E-state index in [1.165, 1.54) is 12.3 Å². The van der Waals surface area contributed by atoms with Crippen LogP contribution in [0.3, 0.4) is 0 Å². The zero-order valence-corrected chi connectivity index (χ0v) is 11.1. The van der Waals surface area contributed by atoms with Gasteiger partial charge in [0.2, 0.25) is 0 Å². The Hall–Kier alpha value is -1.07. The predicted molar refractivity (Wildman–Crippen MR) is 66.4 cm³/mol. The fraction of sp³-hybridized carbons (Fsp3) is 0.364. The monoisotopic (exact) mass is 273 g/mol. The molecule has 1 aliphatic heterocycles. The molecule has 0 saturated heterocycles. The summed E-state index contributed by atoms with van der Waals surface area (Å²) in [6.07, 6.45) is 1.78. The number of sulfone groups is 1. The third-order valence-electron chi connectivity index (χ3n) is 2.65. The largest absolute Gasteiger partial charge is 0.395 e. The molecule has 0 spiro atoms. The van der Waals surface area contributed by atoms with Crippen molar-refractivity contribution in [2.45, 2.75) is 18.2 Å². The van der Waals surface area contributed by atoms with E-state index in [0.29, 0.717) is 29.3 Å². The molecule has 0 N–H and O–H groups in total. The van der Waals surface area contributed by atoms with Crippen molar-refractivity contribution in [3.8, 4) is 0 Å². The van der Waals surface area contributed by atoms with E-state index in [-0.39, 0.29) is 4.90 Å². The number of hydrogen-bond donors (Lipinski definition) is 0. The highest BCUT2D eigenvalue weighted by molar-refractivity contribution is 7.90. The molecular weight excluding hydrogens is 262 g/mol. The second kappa shape index (κ2) is 4.31. The summed E-state index contributed by atoms with van der Waals surface area (Å²) in [6, 6.07) is 3.11. The molecule has 0 saturated carbocycles. The van der Waals surface area contributed by atoms with Gasteiger partial charge in [0.15, 0.2) is 9.84 Å². The van der Waals surface area contributed by atoms with Gasteiger partial charge in [0.05, 0.1) is 10.6 Å². The van der Waals surface area contributed by atoms with Crippen LogP contribution in [0.5, 0.6) is 0 Å². The van der Waals surface area contributed by atoms with Crippen LogP contribution < -0.4 is 0 Å². The molecule has 1 aromatic carbocycles. The number of hydrogen-bond acceptors (Lipinski definition) is 4. The second-order valence-electron chi connectivity index (χ2n) is 3.94. The van der Waals surface area contributed by atoms with Gasteiger partial charge in [0, 0.05) is 23.3 Å². The molecule has 0 aromatic heterocycles. The van der Waals surface area contributed by atoms with Crippen molar-refractivity contribution >= 4 is 27.1 Å². The molecule has 0 amide bonds. The van der Waals surface area contributed by atoms with E-state index in [0.717, 1.165) is 5.56 Å². The van der Waals surface area contributed by atoms with E-state index in [2.05, 4.69) is 5.16 Å². The summed E-state index contributed by atoms with van der Waals surface area (Å²) in [5.74, 6) is 0. The van der Waals surface area contributed by atoms with E-state index < -0.39 is 9.84 Å². The van der Waals surface area contributed by atoms with Gasteiger partial charge in [-0.2, -0.15) is 0 Å². The van der Waals surface area contributed by atoms with Crippen molar-refractivity contribution in [3.63, 3.8) is 0 Å². The Morgan fingerprint density at radius 1 is 1.41 bits per heavy atom. The van der Waals surface area contributed by atoms with Gasteiger partial charge in [-0.25, -0.2) is 8.42 Å². The smallest absolute Gasteiger partial charge is 0.176 e. The molecule has 0 radical (unpaired) electrons. The highest BCUT2D eigenvalue weighted by Crippen LogP contribution is 2.28. The topological polar surface area (TPSA) is 55.7 Å². The maximum Gasteiger partial charge on any atom is 0.176 e. The van der Waals surface area contributed by atoms with Crippen molar-refractivity contribution in [2.24, 2.45) is 5.16 Å². The Morgan fingerprint density at radius 3 is 2.65 bits per heavy atom. The summed E-state index contributed by atoms with van der Waals surface area (Å²) in [6.45, 7) is 2.26. The minimum atomic E-state index is -3.31. The lowest BCUT2D eigenvalue weighted by Crippen LogP contribution is -2.10. The molecule has 0 unspecified atom stereocenters.